The zero-order valence-electron chi connectivity index (χ0n) is 24.3. The van der Waals surface area contributed by atoms with Crippen molar-refractivity contribution in [3.63, 3.8) is 0 Å². The second kappa shape index (κ2) is 14.6. The van der Waals surface area contributed by atoms with E-state index < -0.39 is 60.9 Å². The lowest BCUT2D eigenvalue weighted by atomic mass is 9.98. The topological polar surface area (TPSA) is 180 Å². The van der Waals surface area contributed by atoms with Crippen molar-refractivity contribution >= 4 is 23.9 Å². The van der Waals surface area contributed by atoms with Gasteiger partial charge in [-0.15, -0.1) is 0 Å². The van der Waals surface area contributed by atoms with Gasteiger partial charge in [-0.2, -0.15) is 13.2 Å². The number of carboxylic acids is 1. The number of carboxylic acid groups (broad SMARTS) is 1. The van der Waals surface area contributed by atoms with Crippen LogP contribution in [-0.4, -0.2) is 82.4 Å². The predicted molar refractivity (Wildman–Crippen MR) is 156 cm³/mol. The van der Waals surface area contributed by atoms with Crippen LogP contribution in [0.15, 0.2) is 64.3 Å². The van der Waals surface area contributed by atoms with Crippen molar-refractivity contribution in [2.45, 2.75) is 31.5 Å². The lowest BCUT2D eigenvalue weighted by Crippen LogP contribution is -2.44. The molecule has 0 atom stereocenters. The van der Waals surface area contributed by atoms with Crippen LogP contribution in [0.5, 0.6) is 0 Å². The summed E-state index contributed by atoms with van der Waals surface area (Å²) in [6.07, 6.45) is -5.01. The molecule has 46 heavy (non-hydrogen) atoms. The third-order valence-corrected chi connectivity index (χ3v) is 7.23. The first kappa shape index (κ1) is 33.5. The summed E-state index contributed by atoms with van der Waals surface area (Å²) in [5.74, 6) is -4.50. The van der Waals surface area contributed by atoms with E-state index in [9.17, 15) is 47.0 Å². The molecule has 1 heterocycles. The van der Waals surface area contributed by atoms with Gasteiger partial charge in [0.1, 0.15) is 19.7 Å². The Hall–Kier alpha value is -5.41. The first-order valence-electron chi connectivity index (χ1n) is 14.1. The van der Waals surface area contributed by atoms with Gasteiger partial charge in [-0.3, -0.25) is 28.7 Å². The third kappa shape index (κ3) is 8.40. The lowest BCUT2D eigenvalue weighted by Gasteiger charge is -2.21. The van der Waals surface area contributed by atoms with E-state index in [1.165, 1.54) is 0 Å². The molecule has 0 aliphatic heterocycles. The Morgan fingerprint density at radius 1 is 0.957 bits per heavy atom. The molecule has 4 N–H and O–H groups in total. The highest BCUT2D eigenvalue weighted by atomic mass is 19.4. The number of ether oxygens (including phenoxy) is 1. The second-order valence-electron chi connectivity index (χ2n) is 10.4. The molecule has 16 heteroatoms. The van der Waals surface area contributed by atoms with Gasteiger partial charge in [0.15, 0.2) is 0 Å². The zero-order valence-corrected chi connectivity index (χ0v) is 24.3. The van der Waals surface area contributed by atoms with Crippen molar-refractivity contribution in [2.24, 2.45) is 0 Å². The number of rotatable bonds is 13. The molecule has 13 nitrogen and oxygen atoms in total. The molecule has 2 aromatic carbocycles. The van der Waals surface area contributed by atoms with Crippen LogP contribution < -0.4 is 21.9 Å². The fourth-order valence-electron chi connectivity index (χ4n) is 5.07. The van der Waals surface area contributed by atoms with Crippen molar-refractivity contribution in [3.8, 4) is 11.1 Å². The summed E-state index contributed by atoms with van der Waals surface area (Å²) in [4.78, 5) is 75.1. The van der Waals surface area contributed by atoms with Crippen LogP contribution >= 0.6 is 0 Å². The summed E-state index contributed by atoms with van der Waals surface area (Å²) in [7, 11) is 0. The van der Waals surface area contributed by atoms with Crippen molar-refractivity contribution in [2.75, 3.05) is 32.8 Å². The number of nitrogens with zero attached hydrogens (tertiary/aromatic N) is 2. The van der Waals surface area contributed by atoms with E-state index in [4.69, 9.17) is 4.74 Å². The number of alkyl carbamates (subject to hydrolysis) is 1. The van der Waals surface area contributed by atoms with E-state index in [2.05, 4.69) is 5.32 Å². The molecular formula is C30H30F3N5O8. The number of aliphatic carboxylic acids is 1. The second-order valence-corrected chi connectivity index (χ2v) is 10.4. The van der Waals surface area contributed by atoms with Crippen molar-refractivity contribution in [1.29, 1.82) is 0 Å². The molecule has 0 unspecified atom stereocenters. The van der Waals surface area contributed by atoms with Crippen LogP contribution in [-0.2, 0) is 32.1 Å². The summed E-state index contributed by atoms with van der Waals surface area (Å²) in [6, 6.07) is 15.6. The van der Waals surface area contributed by atoms with Gasteiger partial charge in [-0.25, -0.2) is 9.59 Å². The predicted octanol–water partition coefficient (Wildman–Crippen LogP) is 1.60. The maximum absolute atomic E-state index is 12.9. The minimum atomic E-state index is -5.06. The van der Waals surface area contributed by atoms with Crippen LogP contribution in [0.1, 0.15) is 29.0 Å². The fraction of sp³-hybridized carbons (Fsp3) is 0.333. The highest BCUT2D eigenvalue weighted by Crippen LogP contribution is 2.44. The molecular weight excluding hydrogens is 615 g/mol. The standard InChI is InChI=1S/C30H30F3N5O8/c31-30(32,33)27(43)34-11-5-6-18-14-38(28(44)36-26(18)42)15-24(39)37(16-25(40)41)13-12-35-29(45)46-17-23-21-9-3-1-7-19(21)20-8-2-4-10-22(20)23/h1-4,7-10,14,23H,5-6,11-13,15-17H2,(H,34,43)(H,35,45)(H,40,41)(H,36,42,44). The fourth-order valence-corrected chi connectivity index (χ4v) is 5.07. The molecule has 0 radical (unpaired) electrons. The van der Waals surface area contributed by atoms with Crippen LogP contribution in [0.25, 0.3) is 11.1 Å². The van der Waals surface area contributed by atoms with Crippen LogP contribution in [0.3, 0.4) is 0 Å². The van der Waals surface area contributed by atoms with Gasteiger partial charge >= 0.3 is 29.8 Å². The van der Waals surface area contributed by atoms with Gasteiger partial charge in [0.2, 0.25) is 5.91 Å². The highest BCUT2D eigenvalue weighted by molar-refractivity contribution is 5.82. The quantitative estimate of drug-likeness (QED) is 0.202. The molecule has 1 aliphatic rings. The van der Waals surface area contributed by atoms with Gasteiger partial charge in [0, 0.05) is 37.3 Å². The molecule has 3 aromatic rings. The lowest BCUT2D eigenvalue weighted by molar-refractivity contribution is -0.173. The van der Waals surface area contributed by atoms with E-state index in [1.807, 2.05) is 53.5 Å². The number of halogens is 3. The molecule has 0 bridgehead atoms. The van der Waals surface area contributed by atoms with Crippen molar-refractivity contribution < 1.29 is 42.2 Å². The Morgan fingerprint density at radius 2 is 1.59 bits per heavy atom. The van der Waals surface area contributed by atoms with Gasteiger partial charge in [-0.1, -0.05) is 48.5 Å². The molecule has 0 saturated carbocycles. The Bertz CT molecular complexity index is 1690. The minimum absolute atomic E-state index is 0.0454. The number of hydrogen-bond donors (Lipinski definition) is 4. The molecule has 244 valence electrons. The molecule has 4 rings (SSSR count). The number of carbonyl (C=O) groups is 4. The van der Waals surface area contributed by atoms with Gasteiger partial charge < -0.3 is 25.4 Å². The zero-order chi connectivity index (χ0) is 33.4. The van der Waals surface area contributed by atoms with Crippen LogP contribution in [0.2, 0.25) is 0 Å². The maximum atomic E-state index is 12.9. The van der Waals surface area contributed by atoms with Crippen LogP contribution in [0.4, 0.5) is 18.0 Å². The van der Waals surface area contributed by atoms with E-state index in [-0.39, 0.29) is 44.0 Å². The normalized spacial score (nSPS) is 12.2. The number of alkyl halides is 3. The molecule has 0 fully saturated rings. The molecule has 1 aromatic heterocycles. The molecule has 0 spiro atoms. The minimum Gasteiger partial charge on any atom is -0.480 e. The molecule has 3 amide bonds. The van der Waals surface area contributed by atoms with E-state index in [0.29, 0.717) is 0 Å². The summed E-state index contributed by atoms with van der Waals surface area (Å²) < 4.78 is 43.2. The van der Waals surface area contributed by atoms with E-state index in [1.54, 1.807) is 5.32 Å². The first-order chi connectivity index (χ1) is 21.8. The smallest absolute Gasteiger partial charge is 0.471 e. The third-order valence-electron chi connectivity index (χ3n) is 7.23. The number of aryl methyl sites for hydroxylation is 1. The molecule has 0 saturated heterocycles. The number of hydrogen-bond acceptors (Lipinski definition) is 7. The Morgan fingerprint density at radius 3 is 2.20 bits per heavy atom. The summed E-state index contributed by atoms with van der Waals surface area (Å²) >= 11 is 0. The first-order valence-corrected chi connectivity index (χ1v) is 14.1. The highest BCUT2D eigenvalue weighted by Gasteiger charge is 2.38. The van der Waals surface area contributed by atoms with E-state index in [0.717, 1.165) is 37.9 Å². The summed E-state index contributed by atoms with van der Waals surface area (Å²) in [5, 5.41) is 13.4. The van der Waals surface area contributed by atoms with Crippen molar-refractivity contribution in [3.05, 3.63) is 92.3 Å². The average Bonchev–Trinajstić information content (AvgIpc) is 3.32. The number of nitrogens with one attached hydrogen (secondary N) is 3. The number of aromatic amines is 1. The van der Waals surface area contributed by atoms with Crippen molar-refractivity contribution in [1.82, 2.24) is 25.1 Å². The number of aromatic nitrogens is 2. The average molecular weight is 646 g/mol. The SMILES string of the molecule is O=C(O)CN(CCNC(=O)OCC1c2ccccc2-c2ccccc21)C(=O)Cn1cc(CCCNC(=O)C(F)(F)F)c(=O)[nH]c1=O. The number of amides is 3. The number of fused-ring (bicyclic) bond motifs is 3. The molecule has 1 aliphatic carbocycles. The van der Waals surface area contributed by atoms with Gasteiger partial charge in [-0.05, 0) is 35.1 Å². The van der Waals surface area contributed by atoms with Crippen LogP contribution in [0, 0.1) is 0 Å². The van der Waals surface area contributed by atoms with Gasteiger partial charge in [0.05, 0.1) is 0 Å². The maximum Gasteiger partial charge on any atom is 0.471 e. The largest absolute Gasteiger partial charge is 0.480 e. The Balaban J connectivity index is 1.31. The Labute approximate surface area is 259 Å². The Kier molecular flexibility index (Phi) is 10.6. The summed E-state index contributed by atoms with van der Waals surface area (Å²) in [5.41, 5.74) is 2.30. The number of benzene rings is 2. The number of H-pyrrole nitrogens is 1. The van der Waals surface area contributed by atoms with E-state index >= 15 is 0 Å². The number of carbonyl (C=O) groups excluding carboxylic acids is 3. The monoisotopic (exact) mass is 645 g/mol. The van der Waals surface area contributed by atoms with Gasteiger partial charge in [0.25, 0.3) is 5.56 Å². The summed E-state index contributed by atoms with van der Waals surface area (Å²) in [6.45, 7) is -2.21.